The van der Waals surface area contributed by atoms with Crippen LogP contribution in [0.2, 0.25) is 0 Å². The zero-order chi connectivity index (χ0) is 24.5. The molecule has 0 fully saturated rings. The molecular formula is C27H27NO6. The van der Waals surface area contributed by atoms with Gasteiger partial charge in [-0.3, -0.25) is 4.79 Å². The van der Waals surface area contributed by atoms with Gasteiger partial charge in [0, 0.05) is 11.6 Å². The number of benzene rings is 3. The number of methoxy groups -OCH3 is 4. The molecule has 0 aromatic heterocycles. The van der Waals surface area contributed by atoms with Crippen molar-refractivity contribution in [2.45, 2.75) is 0 Å². The van der Waals surface area contributed by atoms with Crippen LogP contribution in [0.1, 0.15) is 16.7 Å². The standard InChI is InChI=1S/C27H27NO6/c1-31-22-7-5-6-20(12-8-19-16-23(32-2)27(34-4)24(17-19)33-3)26(22)28-25(30)15-11-18-9-13-21(29)14-10-18/h5-17,29H,1-4H3,(H,28,30)/b12-8?,15-11+. The van der Waals surface area contributed by atoms with Crippen molar-refractivity contribution >= 4 is 29.8 Å². The zero-order valence-corrected chi connectivity index (χ0v) is 19.5. The van der Waals surface area contributed by atoms with Gasteiger partial charge in [-0.2, -0.15) is 0 Å². The van der Waals surface area contributed by atoms with Gasteiger partial charge < -0.3 is 29.4 Å². The number of anilines is 1. The van der Waals surface area contributed by atoms with Crippen molar-refractivity contribution < 1.29 is 28.8 Å². The number of carbonyl (C=O) groups excluding carboxylic acids is 1. The molecule has 0 aliphatic heterocycles. The van der Waals surface area contributed by atoms with Crippen molar-refractivity contribution in [2.75, 3.05) is 33.8 Å². The number of hydrogen-bond acceptors (Lipinski definition) is 6. The van der Waals surface area contributed by atoms with Crippen LogP contribution >= 0.6 is 0 Å². The fourth-order valence-corrected chi connectivity index (χ4v) is 3.30. The maximum atomic E-state index is 12.6. The number of phenols is 1. The summed E-state index contributed by atoms with van der Waals surface area (Å²) in [5.74, 6) is 1.97. The Bertz CT molecular complexity index is 1170. The largest absolute Gasteiger partial charge is 0.508 e. The summed E-state index contributed by atoms with van der Waals surface area (Å²) in [7, 11) is 6.22. The van der Waals surface area contributed by atoms with Gasteiger partial charge in [-0.15, -0.1) is 0 Å². The minimum atomic E-state index is -0.319. The summed E-state index contributed by atoms with van der Waals surface area (Å²) in [6.45, 7) is 0. The van der Waals surface area contributed by atoms with E-state index in [4.69, 9.17) is 18.9 Å². The van der Waals surface area contributed by atoms with E-state index in [0.717, 1.165) is 16.7 Å². The molecule has 0 aliphatic rings. The first kappa shape index (κ1) is 24.3. The number of para-hydroxylation sites is 1. The average molecular weight is 462 g/mol. The van der Waals surface area contributed by atoms with E-state index in [2.05, 4.69) is 5.32 Å². The predicted octanol–water partition coefficient (Wildman–Crippen LogP) is 5.25. The van der Waals surface area contributed by atoms with Crippen molar-refractivity contribution in [3.8, 4) is 28.7 Å². The molecule has 0 atom stereocenters. The second kappa shape index (κ2) is 11.5. The third-order valence-corrected chi connectivity index (χ3v) is 4.99. The van der Waals surface area contributed by atoms with Gasteiger partial charge in [0.05, 0.1) is 34.1 Å². The molecule has 0 bridgehead atoms. The van der Waals surface area contributed by atoms with E-state index >= 15 is 0 Å². The molecule has 7 nitrogen and oxygen atoms in total. The number of phenolic OH excluding ortho intramolecular Hbond substituents is 1. The second-order valence-corrected chi connectivity index (χ2v) is 7.13. The van der Waals surface area contributed by atoms with Crippen molar-refractivity contribution in [1.82, 2.24) is 0 Å². The van der Waals surface area contributed by atoms with Crippen LogP contribution in [0.5, 0.6) is 28.7 Å². The molecule has 0 unspecified atom stereocenters. The van der Waals surface area contributed by atoms with Gasteiger partial charge >= 0.3 is 0 Å². The summed E-state index contributed by atoms with van der Waals surface area (Å²) < 4.78 is 21.7. The predicted molar refractivity (Wildman–Crippen MR) is 134 cm³/mol. The summed E-state index contributed by atoms with van der Waals surface area (Å²) in [4.78, 5) is 12.6. The monoisotopic (exact) mass is 461 g/mol. The smallest absolute Gasteiger partial charge is 0.248 e. The third kappa shape index (κ3) is 5.89. The van der Waals surface area contributed by atoms with E-state index in [-0.39, 0.29) is 11.7 Å². The van der Waals surface area contributed by atoms with E-state index in [0.29, 0.717) is 28.7 Å². The van der Waals surface area contributed by atoms with E-state index in [1.54, 1.807) is 64.8 Å². The first-order valence-electron chi connectivity index (χ1n) is 10.4. The number of amides is 1. The van der Waals surface area contributed by atoms with Crippen LogP contribution in [0.15, 0.2) is 60.7 Å². The normalized spacial score (nSPS) is 10.9. The summed E-state index contributed by atoms with van der Waals surface area (Å²) in [5.41, 5.74) is 2.89. The quantitative estimate of drug-likeness (QED) is 0.334. The molecule has 0 spiro atoms. The van der Waals surface area contributed by atoms with Gasteiger partial charge in [-0.25, -0.2) is 0 Å². The number of carbonyl (C=O) groups is 1. The SMILES string of the molecule is COc1cccc(C=Cc2cc(OC)c(OC)c(OC)c2)c1NC(=O)/C=C/c1ccc(O)cc1. The lowest BCUT2D eigenvalue weighted by Crippen LogP contribution is -2.10. The van der Waals surface area contributed by atoms with Crippen LogP contribution in [0.3, 0.4) is 0 Å². The lowest BCUT2D eigenvalue weighted by molar-refractivity contribution is -0.111. The number of hydrogen-bond donors (Lipinski definition) is 2. The molecule has 0 aliphatic carbocycles. The topological polar surface area (TPSA) is 86.3 Å². The Hall–Kier alpha value is -4.39. The van der Waals surface area contributed by atoms with Crippen molar-refractivity contribution in [2.24, 2.45) is 0 Å². The maximum absolute atomic E-state index is 12.6. The first-order valence-corrected chi connectivity index (χ1v) is 10.4. The van der Waals surface area contributed by atoms with Crippen LogP contribution in [0, 0.1) is 0 Å². The summed E-state index contributed by atoms with van der Waals surface area (Å²) in [5, 5.41) is 12.3. The molecule has 0 saturated heterocycles. The lowest BCUT2D eigenvalue weighted by Gasteiger charge is -2.13. The fraction of sp³-hybridized carbons (Fsp3) is 0.148. The van der Waals surface area contributed by atoms with Crippen LogP contribution < -0.4 is 24.3 Å². The highest BCUT2D eigenvalue weighted by atomic mass is 16.5. The number of rotatable bonds is 9. The minimum Gasteiger partial charge on any atom is -0.508 e. The van der Waals surface area contributed by atoms with Crippen molar-refractivity contribution in [3.05, 3.63) is 77.4 Å². The first-order chi connectivity index (χ1) is 16.5. The van der Waals surface area contributed by atoms with Crippen LogP contribution in [-0.4, -0.2) is 39.5 Å². The van der Waals surface area contributed by atoms with Gasteiger partial charge in [0.25, 0.3) is 0 Å². The number of ether oxygens (including phenoxy) is 4. The highest BCUT2D eigenvalue weighted by Gasteiger charge is 2.13. The molecule has 7 heteroatoms. The van der Waals surface area contributed by atoms with Crippen LogP contribution in [0.4, 0.5) is 5.69 Å². The molecular weight excluding hydrogens is 434 g/mol. The summed E-state index contributed by atoms with van der Waals surface area (Å²) in [6, 6.07) is 15.7. The molecule has 2 N–H and O–H groups in total. The van der Waals surface area contributed by atoms with Gasteiger partial charge in [-0.05, 0) is 47.5 Å². The lowest BCUT2D eigenvalue weighted by atomic mass is 10.1. The third-order valence-electron chi connectivity index (χ3n) is 4.99. The highest BCUT2D eigenvalue weighted by Crippen LogP contribution is 2.39. The number of aromatic hydroxyl groups is 1. The maximum Gasteiger partial charge on any atom is 0.248 e. The molecule has 34 heavy (non-hydrogen) atoms. The van der Waals surface area contributed by atoms with Crippen molar-refractivity contribution in [3.63, 3.8) is 0 Å². The highest BCUT2D eigenvalue weighted by molar-refractivity contribution is 6.04. The van der Waals surface area contributed by atoms with Crippen molar-refractivity contribution in [1.29, 1.82) is 0 Å². The zero-order valence-electron chi connectivity index (χ0n) is 19.5. The molecule has 3 aromatic carbocycles. The van der Waals surface area contributed by atoms with E-state index < -0.39 is 0 Å². The van der Waals surface area contributed by atoms with E-state index in [1.807, 2.05) is 36.4 Å². The molecule has 0 radical (unpaired) electrons. The second-order valence-electron chi connectivity index (χ2n) is 7.13. The number of nitrogens with one attached hydrogen (secondary N) is 1. The van der Waals surface area contributed by atoms with E-state index in [9.17, 15) is 9.90 Å². The average Bonchev–Trinajstić information content (AvgIpc) is 2.86. The molecule has 0 saturated carbocycles. The Balaban J connectivity index is 1.88. The molecule has 1 amide bonds. The van der Waals surface area contributed by atoms with Crippen LogP contribution in [-0.2, 0) is 4.79 Å². The van der Waals surface area contributed by atoms with Gasteiger partial charge in [-0.1, -0.05) is 36.4 Å². The minimum absolute atomic E-state index is 0.166. The van der Waals surface area contributed by atoms with Gasteiger partial charge in [0.15, 0.2) is 11.5 Å². The van der Waals surface area contributed by atoms with Gasteiger partial charge in [0.2, 0.25) is 11.7 Å². The van der Waals surface area contributed by atoms with E-state index in [1.165, 1.54) is 6.08 Å². The Labute approximate surface area is 198 Å². The summed E-state index contributed by atoms with van der Waals surface area (Å²) in [6.07, 6.45) is 6.82. The Morgan fingerprint density at radius 3 is 2.00 bits per heavy atom. The molecule has 3 rings (SSSR count). The van der Waals surface area contributed by atoms with Crippen LogP contribution in [0.25, 0.3) is 18.2 Å². The fourth-order valence-electron chi connectivity index (χ4n) is 3.30. The van der Waals surface area contributed by atoms with Gasteiger partial charge in [0.1, 0.15) is 11.5 Å². The summed E-state index contributed by atoms with van der Waals surface area (Å²) >= 11 is 0. The Morgan fingerprint density at radius 2 is 1.41 bits per heavy atom. The Kier molecular flexibility index (Phi) is 8.18. The Morgan fingerprint density at radius 1 is 0.765 bits per heavy atom. The molecule has 176 valence electrons. The molecule has 0 heterocycles. The molecule has 3 aromatic rings.